The van der Waals surface area contributed by atoms with Gasteiger partial charge in [0.2, 0.25) is 0 Å². The molecule has 5 rings (SSSR count). The van der Waals surface area contributed by atoms with Gasteiger partial charge in [0.25, 0.3) is 0 Å². The molecule has 0 unspecified atom stereocenters. The molecule has 1 saturated heterocycles. The first-order valence-corrected chi connectivity index (χ1v) is 11.3. The van der Waals surface area contributed by atoms with E-state index in [0.717, 1.165) is 46.8 Å². The summed E-state index contributed by atoms with van der Waals surface area (Å²) in [6.07, 6.45) is 9.20. The molecular formula is C20H26N6OS. The number of pyridine rings is 1. The highest BCUT2D eigenvalue weighted by Gasteiger charge is 2.26. The second-order valence-corrected chi connectivity index (χ2v) is 8.75. The second-order valence-electron chi connectivity index (χ2n) is 7.75. The monoisotopic (exact) mass is 398 g/mol. The van der Waals surface area contributed by atoms with E-state index in [1.807, 2.05) is 0 Å². The normalized spacial score (nSPS) is 17.2. The summed E-state index contributed by atoms with van der Waals surface area (Å²) in [6, 6.07) is 0. The van der Waals surface area contributed by atoms with E-state index in [4.69, 9.17) is 10.1 Å². The highest BCUT2D eigenvalue weighted by atomic mass is 32.1. The number of aliphatic hydroxyl groups is 1. The fourth-order valence-corrected chi connectivity index (χ4v) is 5.63. The predicted octanol–water partition coefficient (Wildman–Crippen LogP) is 3.30. The first kappa shape index (κ1) is 18.0. The molecule has 7 nitrogen and oxygen atoms in total. The molecule has 1 aliphatic heterocycles. The van der Waals surface area contributed by atoms with E-state index < -0.39 is 0 Å². The van der Waals surface area contributed by atoms with Crippen molar-refractivity contribution in [3.63, 3.8) is 0 Å². The number of aliphatic hydroxyl groups excluding tert-OH is 1. The Morgan fingerprint density at radius 3 is 2.64 bits per heavy atom. The summed E-state index contributed by atoms with van der Waals surface area (Å²) in [7, 11) is 0. The number of anilines is 2. The molecule has 148 valence electrons. The number of fused-ring (bicyclic) bond motifs is 5. The number of rotatable bonds is 5. The average molecular weight is 399 g/mol. The van der Waals surface area contributed by atoms with Gasteiger partial charge in [-0.25, -0.2) is 4.98 Å². The molecule has 3 aromatic rings. The van der Waals surface area contributed by atoms with Gasteiger partial charge >= 0.3 is 0 Å². The van der Waals surface area contributed by atoms with Crippen LogP contribution in [0.4, 0.5) is 11.6 Å². The molecule has 0 radical (unpaired) electrons. The first-order chi connectivity index (χ1) is 13.9. The lowest BCUT2D eigenvalue weighted by Gasteiger charge is -2.31. The van der Waals surface area contributed by atoms with E-state index in [-0.39, 0.29) is 6.61 Å². The van der Waals surface area contributed by atoms with Crippen LogP contribution in [0.2, 0.25) is 0 Å². The molecule has 2 aliphatic rings. The van der Waals surface area contributed by atoms with Crippen LogP contribution < -0.4 is 10.2 Å². The largest absolute Gasteiger partial charge is 0.396 e. The van der Waals surface area contributed by atoms with E-state index in [9.17, 15) is 0 Å². The van der Waals surface area contributed by atoms with Gasteiger partial charge in [0.05, 0.1) is 0 Å². The maximum atomic E-state index is 9.06. The molecule has 0 atom stereocenters. The van der Waals surface area contributed by atoms with Crippen molar-refractivity contribution < 1.29 is 5.11 Å². The zero-order valence-corrected chi connectivity index (χ0v) is 16.9. The van der Waals surface area contributed by atoms with Crippen LogP contribution in [-0.4, -0.2) is 51.7 Å². The maximum absolute atomic E-state index is 9.06. The SMILES string of the molecule is OCCCNc1nnnc2c1sc1nc(N3CCCCC3)c3c(c12)CCCC3. The quantitative estimate of drug-likeness (QED) is 0.638. The standard InChI is InChI=1S/C20H26N6OS/c27-12-6-9-21-18-17-16(23-25-24-18)15-13-7-2-3-8-14(13)19(22-20(15)28-17)26-10-4-1-5-11-26/h27H,1-12H2,(H,21,23,24). The molecule has 2 N–H and O–H groups in total. The van der Waals surface area contributed by atoms with Gasteiger partial charge < -0.3 is 15.3 Å². The average Bonchev–Trinajstić information content (AvgIpc) is 3.14. The molecule has 0 aromatic carbocycles. The summed E-state index contributed by atoms with van der Waals surface area (Å²) in [5.74, 6) is 1.97. The highest BCUT2D eigenvalue weighted by molar-refractivity contribution is 7.26. The molecule has 0 spiro atoms. The van der Waals surface area contributed by atoms with Gasteiger partial charge in [-0.05, 0) is 67.7 Å². The Labute approximate surface area is 168 Å². The molecule has 1 aliphatic carbocycles. The number of piperidine rings is 1. The number of nitrogens with zero attached hydrogens (tertiary/aromatic N) is 5. The van der Waals surface area contributed by atoms with Gasteiger partial charge in [0.1, 0.15) is 20.9 Å². The summed E-state index contributed by atoms with van der Waals surface area (Å²) < 4.78 is 1.03. The maximum Gasteiger partial charge on any atom is 0.170 e. The van der Waals surface area contributed by atoms with Crippen LogP contribution in [0.15, 0.2) is 0 Å². The van der Waals surface area contributed by atoms with Crippen molar-refractivity contribution in [2.75, 3.05) is 36.5 Å². The van der Waals surface area contributed by atoms with Crippen LogP contribution in [0, 0.1) is 0 Å². The van der Waals surface area contributed by atoms with Crippen LogP contribution in [-0.2, 0) is 12.8 Å². The van der Waals surface area contributed by atoms with Crippen molar-refractivity contribution in [1.29, 1.82) is 0 Å². The van der Waals surface area contributed by atoms with Crippen molar-refractivity contribution >= 4 is 43.4 Å². The number of hydrogen-bond donors (Lipinski definition) is 2. The molecule has 3 aromatic heterocycles. The van der Waals surface area contributed by atoms with Crippen LogP contribution in [0.25, 0.3) is 20.4 Å². The zero-order chi connectivity index (χ0) is 18.9. The Kier molecular flexibility index (Phi) is 4.98. The highest BCUT2D eigenvalue weighted by Crippen LogP contribution is 2.42. The lowest BCUT2D eigenvalue weighted by molar-refractivity contribution is 0.292. The second kappa shape index (κ2) is 7.75. The van der Waals surface area contributed by atoms with Gasteiger partial charge in [-0.2, -0.15) is 0 Å². The van der Waals surface area contributed by atoms with E-state index in [2.05, 4.69) is 25.6 Å². The van der Waals surface area contributed by atoms with E-state index in [1.54, 1.807) is 11.3 Å². The number of nitrogens with one attached hydrogen (secondary N) is 1. The third kappa shape index (κ3) is 3.08. The fourth-order valence-electron chi connectivity index (χ4n) is 4.54. The Morgan fingerprint density at radius 2 is 1.82 bits per heavy atom. The number of aromatic nitrogens is 4. The smallest absolute Gasteiger partial charge is 0.170 e. The minimum atomic E-state index is 0.162. The molecule has 4 heterocycles. The fraction of sp³-hybridized carbons (Fsp3) is 0.600. The molecule has 8 heteroatoms. The minimum absolute atomic E-state index is 0.162. The van der Waals surface area contributed by atoms with Gasteiger partial charge in [-0.1, -0.05) is 0 Å². The van der Waals surface area contributed by atoms with E-state index in [0.29, 0.717) is 13.0 Å². The van der Waals surface area contributed by atoms with Crippen LogP contribution in [0.5, 0.6) is 0 Å². The van der Waals surface area contributed by atoms with Crippen molar-refractivity contribution in [2.45, 2.75) is 51.4 Å². The third-order valence-electron chi connectivity index (χ3n) is 5.90. The number of thiophene rings is 1. The summed E-state index contributed by atoms with van der Waals surface area (Å²) in [5, 5.41) is 26.2. The predicted molar refractivity (Wildman–Crippen MR) is 113 cm³/mol. The van der Waals surface area contributed by atoms with Gasteiger partial charge in [-0.15, -0.1) is 21.5 Å². The molecule has 0 amide bonds. The van der Waals surface area contributed by atoms with Crippen molar-refractivity contribution in [3.05, 3.63) is 11.1 Å². The molecule has 1 fully saturated rings. The lowest BCUT2D eigenvalue weighted by Crippen LogP contribution is -2.31. The van der Waals surface area contributed by atoms with Crippen molar-refractivity contribution in [3.8, 4) is 0 Å². The van der Waals surface area contributed by atoms with Crippen LogP contribution in [0.3, 0.4) is 0 Å². The molecule has 28 heavy (non-hydrogen) atoms. The Balaban J connectivity index is 1.68. The van der Waals surface area contributed by atoms with E-state index in [1.165, 1.54) is 54.4 Å². The van der Waals surface area contributed by atoms with Gasteiger partial charge in [-0.3, -0.25) is 0 Å². The first-order valence-electron chi connectivity index (χ1n) is 10.4. The number of aryl methyl sites for hydroxylation is 1. The van der Waals surface area contributed by atoms with Gasteiger partial charge in [0.15, 0.2) is 5.82 Å². The number of hydrogen-bond acceptors (Lipinski definition) is 8. The summed E-state index contributed by atoms with van der Waals surface area (Å²) in [6.45, 7) is 3.06. The summed E-state index contributed by atoms with van der Waals surface area (Å²) in [5.41, 5.74) is 3.80. The third-order valence-corrected chi connectivity index (χ3v) is 6.98. The van der Waals surface area contributed by atoms with Crippen LogP contribution >= 0.6 is 11.3 Å². The zero-order valence-electron chi connectivity index (χ0n) is 16.1. The summed E-state index contributed by atoms with van der Waals surface area (Å²) >= 11 is 1.67. The van der Waals surface area contributed by atoms with E-state index >= 15 is 0 Å². The van der Waals surface area contributed by atoms with Gasteiger partial charge in [0, 0.05) is 31.6 Å². The topological polar surface area (TPSA) is 87.1 Å². The van der Waals surface area contributed by atoms with Crippen LogP contribution in [0.1, 0.15) is 49.7 Å². The molecule has 0 bridgehead atoms. The minimum Gasteiger partial charge on any atom is -0.396 e. The molecular weight excluding hydrogens is 372 g/mol. The van der Waals surface area contributed by atoms with Crippen molar-refractivity contribution in [1.82, 2.24) is 20.4 Å². The Morgan fingerprint density at radius 1 is 1.00 bits per heavy atom. The Hall–Kier alpha value is -2.06. The van der Waals surface area contributed by atoms with Crippen molar-refractivity contribution in [2.24, 2.45) is 0 Å². The molecule has 0 saturated carbocycles. The summed E-state index contributed by atoms with van der Waals surface area (Å²) in [4.78, 5) is 8.73. The Bertz CT molecular complexity index is 997. The lowest BCUT2D eigenvalue weighted by atomic mass is 9.89.